The maximum absolute atomic E-state index is 13.7. The zero-order chi connectivity index (χ0) is 14.9. The lowest BCUT2D eigenvalue weighted by molar-refractivity contribution is -0.120. The van der Waals surface area contributed by atoms with Gasteiger partial charge in [-0.15, -0.1) is 0 Å². The third-order valence-electron chi connectivity index (χ3n) is 3.22. The van der Waals surface area contributed by atoms with Crippen molar-refractivity contribution < 1.29 is 17.6 Å². The molecular formula is C12H16FN3O3S. The van der Waals surface area contributed by atoms with Crippen molar-refractivity contribution in [3.63, 3.8) is 0 Å². The number of anilines is 1. The Morgan fingerprint density at radius 1 is 1.40 bits per heavy atom. The van der Waals surface area contributed by atoms with Gasteiger partial charge in [-0.2, -0.15) is 4.31 Å². The van der Waals surface area contributed by atoms with Gasteiger partial charge in [0.05, 0.1) is 11.4 Å². The summed E-state index contributed by atoms with van der Waals surface area (Å²) in [7, 11) is -3.93. The third kappa shape index (κ3) is 2.75. The number of carbonyl (C=O) groups excluding carboxylic acids is 1. The molecule has 8 heteroatoms. The van der Waals surface area contributed by atoms with E-state index >= 15 is 0 Å². The fraction of sp³-hybridized carbons (Fsp3) is 0.417. The fourth-order valence-electron chi connectivity index (χ4n) is 1.96. The molecule has 0 radical (unpaired) electrons. The normalized spacial score (nSPS) is 17.6. The number of benzene rings is 1. The number of hydrogen-bond acceptors (Lipinski definition) is 4. The first kappa shape index (κ1) is 14.7. The molecule has 2 rings (SSSR count). The number of amides is 1. The van der Waals surface area contributed by atoms with Crippen LogP contribution >= 0.6 is 0 Å². The number of nitrogens with zero attached hydrogens (tertiary/aromatic N) is 1. The van der Waals surface area contributed by atoms with Gasteiger partial charge in [0.1, 0.15) is 5.82 Å². The highest BCUT2D eigenvalue weighted by Crippen LogP contribution is 2.24. The molecule has 0 aliphatic carbocycles. The van der Waals surface area contributed by atoms with Gasteiger partial charge in [0.2, 0.25) is 15.9 Å². The van der Waals surface area contributed by atoms with Crippen molar-refractivity contribution in [3.05, 3.63) is 23.5 Å². The predicted molar refractivity (Wildman–Crippen MR) is 71.9 cm³/mol. The van der Waals surface area contributed by atoms with Crippen LogP contribution in [0.4, 0.5) is 10.1 Å². The zero-order valence-electron chi connectivity index (χ0n) is 11.0. The second-order valence-corrected chi connectivity index (χ2v) is 6.60. The molecule has 6 nitrogen and oxygen atoms in total. The van der Waals surface area contributed by atoms with Crippen LogP contribution in [0.3, 0.4) is 0 Å². The van der Waals surface area contributed by atoms with Gasteiger partial charge in [-0.05, 0) is 25.5 Å². The highest BCUT2D eigenvalue weighted by molar-refractivity contribution is 7.89. The number of sulfonamides is 1. The summed E-state index contributed by atoms with van der Waals surface area (Å²) in [5.41, 5.74) is 5.88. The van der Waals surface area contributed by atoms with E-state index in [4.69, 9.17) is 5.73 Å². The molecule has 0 atom stereocenters. The Balaban J connectivity index is 2.41. The van der Waals surface area contributed by atoms with Crippen molar-refractivity contribution in [3.8, 4) is 0 Å². The van der Waals surface area contributed by atoms with Crippen molar-refractivity contribution in [1.82, 2.24) is 9.62 Å². The maximum Gasteiger partial charge on any atom is 0.243 e. The van der Waals surface area contributed by atoms with Gasteiger partial charge in [0, 0.05) is 24.3 Å². The van der Waals surface area contributed by atoms with Crippen LogP contribution in [-0.4, -0.2) is 38.3 Å². The van der Waals surface area contributed by atoms with E-state index in [1.807, 2.05) is 0 Å². The molecule has 1 saturated heterocycles. The first-order chi connectivity index (χ1) is 9.32. The van der Waals surface area contributed by atoms with E-state index in [1.165, 1.54) is 13.0 Å². The Labute approximate surface area is 116 Å². The van der Waals surface area contributed by atoms with Gasteiger partial charge < -0.3 is 11.1 Å². The topological polar surface area (TPSA) is 92.5 Å². The van der Waals surface area contributed by atoms with Crippen molar-refractivity contribution >= 4 is 21.6 Å². The van der Waals surface area contributed by atoms with E-state index in [2.05, 4.69) is 5.32 Å². The van der Waals surface area contributed by atoms with Crippen molar-refractivity contribution in [2.45, 2.75) is 18.2 Å². The molecule has 0 aromatic heterocycles. The maximum atomic E-state index is 13.7. The summed E-state index contributed by atoms with van der Waals surface area (Å²) in [6, 6.07) is 2.15. The molecule has 3 N–H and O–H groups in total. The molecule has 0 bridgehead atoms. The summed E-state index contributed by atoms with van der Waals surface area (Å²) in [6.45, 7) is 1.84. The largest absolute Gasteiger partial charge is 0.398 e. The molecule has 0 unspecified atom stereocenters. The second-order valence-electron chi connectivity index (χ2n) is 4.66. The molecule has 0 saturated carbocycles. The van der Waals surface area contributed by atoms with Crippen LogP contribution in [0.15, 0.2) is 17.0 Å². The predicted octanol–water partition coefficient (Wildman–Crippen LogP) is 0.227. The standard InChI is InChI=1S/C12H16FN3O3S/c1-8-10(13)5-9(6-11(8)14)20(18,19)16-4-2-3-15-12(17)7-16/h5-6H,2-4,7,14H2,1H3,(H,15,17). The van der Waals surface area contributed by atoms with Gasteiger partial charge >= 0.3 is 0 Å². The molecule has 20 heavy (non-hydrogen) atoms. The molecule has 1 aromatic carbocycles. The number of halogens is 1. The highest BCUT2D eigenvalue weighted by Gasteiger charge is 2.29. The number of nitrogen functional groups attached to an aromatic ring is 1. The molecule has 1 aliphatic rings. The summed E-state index contributed by atoms with van der Waals surface area (Å²) >= 11 is 0. The van der Waals surface area contributed by atoms with Crippen LogP contribution < -0.4 is 11.1 Å². The van der Waals surface area contributed by atoms with Gasteiger partial charge in [-0.3, -0.25) is 4.79 Å². The van der Waals surface area contributed by atoms with Crippen LogP contribution in [0.1, 0.15) is 12.0 Å². The lowest BCUT2D eigenvalue weighted by Gasteiger charge is -2.19. The first-order valence-corrected chi connectivity index (χ1v) is 7.59. The SMILES string of the molecule is Cc1c(N)cc(S(=O)(=O)N2CCCNC(=O)C2)cc1F. The number of nitrogens with one attached hydrogen (secondary N) is 1. The number of rotatable bonds is 2. The van der Waals surface area contributed by atoms with E-state index in [-0.39, 0.29) is 35.1 Å². The third-order valence-corrected chi connectivity index (χ3v) is 5.05. The minimum atomic E-state index is -3.93. The Hall–Kier alpha value is -1.67. The molecule has 1 aliphatic heterocycles. The minimum Gasteiger partial charge on any atom is -0.398 e. The lowest BCUT2D eigenvalue weighted by Crippen LogP contribution is -2.37. The van der Waals surface area contributed by atoms with Crippen molar-refractivity contribution in [1.29, 1.82) is 0 Å². The number of hydrogen-bond donors (Lipinski definition) is 2. The van der Waals surface area contributed by atoms with Crippen LogP contribution in [-0.2, 0) is 14.8 Å². The molecule has 0 spiro atoms. The number of carbonyl (C=O) groups is 1. The molecule has 1 fully saturated rings. The van der Waals surface area contributed by atoms with Crippen molar-refractivity contribution in [2.24, 2.45) is 0 Å². The Morgan fingerprint density at radius 2 is 2.10 bits per heavy atom. The van der Waals surface area contributed by atoms with Crippen LogP contribution in [0.25, 0.3) is 0 Å². The molecule has 1 heterocycles. The van der Waals surface area contributed by atoms with Crippen molar-refractivity contribution in [2.75, 3.05) is 25.4 Å². The summed E-state index contributed by atoms with van der Waals surface area (Å²) in [5, 5.41) is 2.59. The average molecular weight is 301 g/mol. The Morgan fingerprint density at radius 3 is 2.75 bits per heavy atom. The van der Waals surface area contributed by atoms with E-state index < -0.39 is 15.8 Å². The monoisotopic (exact) mass is 301 g/mol. The first-order valence-electron chi connectivity index (χ1n) is 6.15. The molecule has 110 valence electrons. The van der Waals surface area contributed by atoms with Crippen LogP contribution in [0.2, 0.25) is 0 Å². The molecular weight excluding hydrogens is 285 g/mol. The number of nitrogens with two attached hydrogens (primary N) is 1. The second kappa shape index (κ2) is 5.37. The summed E-state index contributed by atoms with van der Waals surface area (Å²) in [5.74, 6) is -1.05. The van der Waals surface area contributed by atoms with Gasteiger partial charge in [0.15, 0.2) is 0 Å². The molecule has 1 amide bonds. The lowest BCUT2D eigenvalue weighted by atomic mass is 10.2. The summed E-state index contributed by atoms with van der Waals surface area (Å²) < 4.78 is 39.5. The fourth-order valence-corrected chi connectivity index (χ4v) is 3.44. The average Bonchev–Trinajstić information content (AvgIpc) is 2.60. The smallest absolute Gasteiger partial charge is 0.243 e. The minimum absolute atomic E-state index is 0.0721. The van der Waals surface area contributed by atoms with Gasteiger partial charge in [0.25, 0.3) is 0 Å². The Kier molecular flexibility index (Phi) is 3.96. The quantitative estimate of drug-likeness (QED) is 0.765. The van der Waals surface area contributed by atoms with E-state index in [0.29, 0.717) is 13.0 Å². The van der Waals surface area contributed by atoms with Gasteiger partial charge in [-0.1, -0.05) is 0 Å². The molecule has 1 aromatic rings. The summed E-state index contributed by atoms with van der Waals surface area (Å²) in [4.78, 5) is 11.2. The summed E-state index contributed by atoms with van der Waals surface area (Å²) in [6.07, 6.45) is 0.509. The van der Waals surface area contributed by atoms with Crippen LogP contribution in [0, 0.1) is 12.7 Å². The Bertz CT molecular complexity index is 622. The van der Waals surface area contributed by atoms with Gasteiger partial charge in [-0.25, -0.2) is 12.8 Å². The van der Waals surface area contributed by atoms with E-state index in [9.17, 15) is 17.6 Å². The highest BCUT2D eigenvalue weighted by atomic mass is 32.2. The van der Waals surface area contributed by atoms with E-state index in [1.54, 1.807) is 0 Å². The zero-order valence-corrected chi connectivity index (χ0v) is 11.8. The van der Waals surface area contributed by atoms with Crippen LogP contribution in [0.5, 0.6) is 0 Å². The van der Waals surface area contributed by atoms with E-state index in [0.717, 1.165) is 10.4 Å².